The predicted molar refractivity (Wildman–Crippen MR) is 74.4 cm³/mol. The molecule has 0 spiro atoms. The fraction of sp³-hybridized carbons (Fsp3) is 0.429. The van der Waals surface area contributed by atoms with Crippen LogP contribution in [0.25, 0.3) is 10.9 Å². The number of nitrogens with zero attached hydrogens (tertiary/aromatic N) is 1. The normalized spacial score (nSPS) is 19.4. The average Bonchev–Trinajstić information content (AvgIpc) is 2.46. The van der Waals surface area contributed by atoms with E-state index >= 15 is 0 Å². The molecule has 1 fully saturated rings. The highest BCUT2D eigenvalue weighted by Gasteiger charge is 2.16. The van der Waals surface area contributed by atoms with Crippen LogP contribution in [-0.4, -0.2) is 22.6 Å². The summed E-state index contributed by atoms with van der Waals surface area (Å²) in [4.78, 5) is 27.0. The molecule has 0 amide bonds. The summed E-state index contributed by atoms with van der Waals surface area (Å²) in [5.41, 5.74) is -0.479. The first-order valence-corrected chi connectivity index (χ1v) is 6.78. The van der Waals surface area contributed by atoms with Crippen LogP contribution in [0.5, 0.6) is 0 Å². The van der Waals surface area contributed by atoms with Crippen LogP contribution in [-0.2, 0) is 6.54 Å². The molecule has 0 radical (unpaired) electrons. The van der Waals surface area contributed by atoms with Gasteiger partial charge in [0.1, 0.15) is 5.82 Å². The number of aromatic amines is 1. The van der Waals surface area contributed by atoms with E-state index in [2.05, 4.69) is 10.3 Å². The molecular weight excluding hydrogens is 261 g/mol. The molecule has 5 nitrogen and oxygen atoms in total. The van der Waals surface area contributed by atoms with Crippen molar-refractivity contribution >= 4 is 10.9 Å². The molecular formula is C14H16FN3O2. The van der Waals surface area contributed by atoms with Crippen molar-refractivity contribution < 1.29 is 4.39 Å². The summed E-state index contributed by atoms with van der Waals surface area (Å²) in [7, 11) is 0. The van der Waals surface area contributed by atoms with Crippen molar-refractivity contribution in [3.63, 3.8) is 0 Å². The number of piperidine rings is 1. The molecule has 3 rings (SSSR count). The van der Waals surface area contributed by atoms with E-state index in [1.54, 1.807) is 0 Å². The summed E-state index contributed by atoms with van der Waals surface area (Å²) in [5.74, 6) is -0.221. The third kappa shape index (κ3) is 2.38. The van der Waals surface area contributed by atoms with E-state index < -0.39 is 17.1 Å². The number of benzene rings is 1. The molecule has 0 saturated carbocycles. The number of aromatic nitrogens is 2. The van der Waals surface area contributed by atoms with Gasteiger partial charge in [0.15, 0.2) is 0 Å². The highest BCUT2D eigenvalue weighted by molar-refractivity contribution is 5.77. The Hall–Kier alpha value is -1.95. The molecule has 1 aromatic carbocycles. The average molecular weight is 277 g/mol. The molecule has 2 aromatic rings. The Bertz CT molecular complexity index is 744. The van der Waals surface area contributed by atoms with Crippen molar-refractivity contribution in [3.05, 3.63) is 44.9 Å². The minimum absolute atomic E-state index is 0.216. The van der Waals surface area contributed by atoms with Gasteiger partial charge in [-0.15, -0.1) is 0 Å². The van der Waals surface area contributed by atoms with Crippen molar-refractivity contribution in [3.8, 4) is 0 Å². The molecule has 1 unspecified atom stereocenters. The molecule has 1 atom stereocenters. The Morgan fingerprint density at radius 1 is 1.35 bits per heavy atom. The van der Waals surface area contributed by atoms with Gasteiger partial charge in [0.05, 0.1) is 10.9 Å². The molecule has 20 heavy (non-hydrogen) atoms. The summed E-state index contributed by atoms with van der Waals surface area (Å²) in [6.07, 6.45) is 2.03. The second kappa shape index (κ2) is 5.20. The second-order valence-electron chi connectivity index (χ2n) is 5.25. The van der Waals surface area contributed by atoms with Crippen LogP contribution >= 0.6 is 0 Å². The van der Waals surface area contributed by atoms with E-state index in [0.717, 1.165) is 25.9 Å². The van der Waals surface area contributed by atoms with E-state index in [4.69, 9.17) is 0 Å². The summed E-state index contributed by atoms with van der Waals surface area (Å²) in [6, 6.07) is 3.82. The van der Waals surface area contributed by atoms with Crippen LogP contribution in [0.15, 0.2) is 27.8 Å². The third-order valence-electron chi connectivity index (χ3n) is 3.78. The largest absolute Gasteiger partial charge is 0.328 e. The number of hydrogen-bond donors (Lipinski definition) is 2. The van der Waals surface area contributed by atoms with Crippen molar-refractivity contribution in [2.45, 2.75) is 19.4 Å². The fourth-order valence-corrected chi connectivity index (χ4v) is 2.73. The van der Waals surface area contributed by atoms with Crippen molar-refractivity contribution in [1.29, 1.82) is 0 Å². The zero-order valence-electron chi connectivity index (χ0n) is 11.0. The number of halogens is 1. The van der Waals surface area contributed by atoms with Gasteiger partial charge in [0, 0.05) is 6.54 Å². The van der Waals surface area contributed by atoms with Crippen molar-refractivity contribution in [2.24, 2.45) is 5.92 Å². The monoisotopic (exact) mass is 277 g/mol. The standard InChI is InChI=1S/C14H16FN3O2/c15-10-3-4-12-11(6-10)13(19)18(14(20)17-12)8-9-2-1-5-16-7-9/h3-4,6,9,16H,1-2,5,7-8H2,(H,17,20). The molecule has 6 heteroatoms. The lowest BCUT2D eigenvalue weighted by molar-refractivity contribution is 0.329. The summed E-state index contributed by atoms with van der Waals surface area (Å²) in [6.45, 7) is 2.14. The molecule has 2 N–H and O–H groups in total. The fourth-order valence-electron chi connectivity index (χ4n) is 2.73. The lowest BCUT2D eigenvalue weighted by Gasteiger charge is -2.23. The van der Waals surface area contributed by atoms with Crippen LogP contribution in [0, 0.1) is 11.7 Å². The smallest absolute Gasteiger partial charge is 0.316 e. The Labute approximate surface area is 114 Å². The Kier molecular flexibility index (Phi) is 3.40. The molecule has 2 heterocycles. The zero-order valence-corrected chi connectivity index (χ0v) is 11.0. The first-order chi connectivity index (χ1) is 9.65. The highest BCUT2D eigenvalue weighted by atomic mass is 19.1. The molecule has 0 aliphatic carbocycles. The lowest BCUT2D eigenvalue weighted by atomic mass is 10.00. The Morgan fingerprint density at radius 3 is 2.95 bits per heavy atom. The SMILES string of the molecule is O=c1[nH]c2ccc(F)cc2c(=O)n1CC1CCCNC1. The van der Waals surface area contributed by atoms with E-state index in [-0.39, 0.29) is 11.3 Å². The minimum Gasteiger partial charge on any atom is -0.316 e. The summed E-state index contributed by atoms with van der Waals surface area (Å²) >= 11 is 0. The van der Waals surface area contributed by atoms with Gasteiger partial charge in [0.2, 0.25) is 0 Å². The Morgan fingerprint density at radius 2 is 2.20 bits per heavy atom. The number of hydrogen-bond acceptors (Lipinski definition) is 3. The van der Waals surface area contributed by atoms with Gasteiger partial charge in [-0.3, -0.25) is 9.36 Å². The van der Waals surface area contributed by atoms with E-state index in [9.17, 15) is 14.0 Å². The molecule has 106 valence electrons. The summed E-state index contributed by atoms with van der Waals surface area (Å²) in [5, 5.41) is 3.47. The molecule has 1 saturated heterocycles. The minimum atomic E-state index is -0.479. The van der Waals surface area contributed by atoms with Gasteiger partial charge in [-0.05, 0) is 50.0 Å². The van der Waals surface area contributed by atoms with Crippen LogP contribution in [0.3, 0.4) is 0 Å². The quantitative estimate of drug-likeness (QED) is 0.854. The van der Waals surface area contributed by atoms with E-state index in [1.165, 1.54) is 22.8 Å². The number of nitrogens with one attached hydrogen (secondary N) is 2. The third-order valence-corrected chi connectivity index (χ3v) is 3.78. The Balaban J connectivity index is 2.05. The van der Waals surface area contributed by atoms with Crippen LogP contribution in [0.1, 0.15) is 12.8 Å². The molecule has 1 aliphatic heterocycles. The van der Waals surface area contributed by atoms with Gasteiger partial charge >= 0.3 is 5.69 Å². The zero-order chi connectivity index (χ0) is 14.1. The van der Waals surface area contributed by atoms with Crippen LogP contribution in [0.4, 0.5) is 4.39 Å². The van der Waals surface area contributed by atoms with Gasteiger partial charge in [-0.1, -0.05) is 0 Å². The van der Waals surface area contributed by atoms with Crippen LogP contribution < -0.4 is 16.6 Å². The van der Waals surface area contributed by atoms with Gasteiger partial charge in [-0.25, -0.2) is 9.18 Å². The molecule has 1 aromatic heterocycles. The van der Waals surface area contributed by atoms with Gasteiger partial charge in [0.25, 0.3) is 5.56 Å². The number of fused-ring (bicyclic) bond motifs is 1. The molecule has 0 bridgehead atoms. The maximum atomic E-state index is 13.3. The summed E-state index contributed by atoms with van der Waals surface area (Å²) < 4.78 is 14.4. The van der Waals surface area contributed by atoms with Gasteiger partial charge in [-0.2, -0.15) is 0 Å². The van der Waals surface area contributed by atoms with Crippen molar-refractivity contribution in [1.82, 2.24) is 14.9 Å². The topological polar surface area (TPSA) is 66.9 Å². The highest BCUT2D eigenvalue weighted by Crippen LogP contribution is 2.12. The number of H-pyrrole nitrogens is 1. The maximum Gasteiger partial charge on any atom is 0.328 e. The molecule has 1 aliphatic rings. The van der Waals surface area contributed by atoms with Crippen LogP contribution in [0.2, 0.25) is 0 Å². The first kappa shape index (κ1) is 13.1. The van der Waals surface area contributed by atoms with Crippen molar-refractivity contribution in [2.75, 3.05) is 13.1 Å². The van der Waals surface area contributed by atoms with Gasteiger partial charge < -0.3 is 10.3 Å². The number of rotatable bonds is 2. The van der Waals surface area contributed by atoms with E-state index in [0.29, 0.717) is 12.1 Å². The lowest BCUT2D eigenvalue weighted by Crippen LogP contribution is -2.40. The second-order valence-corrected chi connectivity index (χ2v) is 5.25. The first-order valence-electron chi connectivity index (χ1n) is 6.78. The van der Waals surface area contributed by atoms with E-state index in [1.807, 2.05) is 0 Å². The predicted octanol–water partition coefficient (Wildman–Crippen LogP) is 0.829. The maximum absolute atomic E-state index is 13.3.